The van der Waals surface area contributed by atoms with Gasteiger partial charge < -0.3 is 19.9 Å². The minimum Gasteiger partial charge on any atom is -0.436 e. The maximum atomic E-state index is 14.9. The van der Waals surface area contributed by atoms with Crippen LogP contribution in [0.2, 0.25) is 0 Å². The number of carbonyl (C=O) groups excluding carboxylic acids is 2. The third-order valence-electron chi connectivity index (χ3n) is 5.70. The molecule has 2 heterocycles. The van der Waals surface area contributed by atoms with Crippen molar-refractivity contribution >= 4 is 17.8 Å². The average molecular weight is 461 g/mol. The Labute approximate surface area is 193 Å². The van der Waals surface area contributed by atoms with Gasteiger partial charge in [0, 0.05) is 28.8 Å². The van der Waals surface area contributed by atoms with Crippen LogP contribution >= 0.6 is 0 Å². The highest BCUT2D eigenvalue weighted by Crippen LogP contribution is 2.30. The molecular weight excluding hydrogens is 427 g/mol. The zero-order valence-corrected chi connectivity index (χ0v) is 20.0. The molecule has 1 atom stereocenters. The number of anilines is 1. The Kier molecular flexibility index (Phi) is 7.71. The molecule has 180 valence electrons. The quantitative estimate of drug-likeness (QED) is 0.587. The number of amides is 2. The van der Waals surface area contributed by atoms with Crippen molar-refractivity contribution in [2.45, 2.75) is 84.8 Å². The first kappa shape index (κ1) is 24.7. The fourth-order valence-electron chi connectivity index (χ4n) is 4.18. The number of rotatable bonds is 5. The van der Waals surface area contributed by atoms with E-state index in [0.717, 1.165) is 38.5 Å². The Balaban J connectivity index is 1.80. The fraction of sp³-hybridized carbons (Fsp3) is 0.583. The maximum Gasteiger partial charge on any atom is 0.408 e. The van der Waals surface area contributed by atoms with Crippen molar-refractivity contribution < 1.29 is 23.2 Å². The van der Waals surface area contributed by atoms with Crippen LogP contribution in [0.1, 0.15) is 70.8 Å². The summed E-state index contributed by atoms with van der Waals surface area (Å²) in [6, 6.07) is 1.28. The first-order valence-corrected chi connectivity index (χ1v) is 11.4. The minimum atomic E-state index is -1.03. The highest BCUT2D eigenvalue weighted by Gasteiger charge is 2.34. The van der Waals surface area contributed by atoms with Crippen molar-refractivity contribution in [3.63, 3.8) is 0 Å². The maximum absolute atomic E-state index is 14.9. The van der Waals surface area contributed by atoms with Gasteiger partial charge in [0.25, 0.3) is 5.91 Å². The molecule has 1 aliphatic carbocycles. The molecule has 0 spiro atoms. The number of hydrogen-bond donors (Lipinski definition) is 2. The topological polar surface area (TPSA) is 106 Å². The van der Waals surface area contributed by atoms with Crippen LogP contribution in [0.4, 0.5) is 15.0 Å². The van der Waals surface area contributed by atoms with Crippen LogP contribution < -0.4 is 10.6 Å². The van der Waals surface area contributed by atoms with Crippen molar-refractivity contribution in [1.29, 1.82) is 0 Å². The number of alkyl carbamates (subject to hydrolysis) is 1. The largest absolute Gasteiger partial charge is 0.436 e. The molecule has 0 saturated heterocycles. The van der Waals surface area contributed by atoms with Gasteiger partial charge in [0.05, 0.1) is 5.69 Å². The molecule has 1 saturated carbocycles. The van der Waals surface area contributed by atoms with Gasteiger partial charge in [-0.25, -0.2) is 14.2 Å². The van der Waals surface area contributed by atoms with Gasteiger partial charge in [-0.3, -0.25) is 4.79 Å². The predicted octanol–water partition coefficient (Wildman–Crippen LogP) is 5.29. The summed E-state index contributed by atoms with van der Waals surface area (Å²) >= 11 is 0. The Bertz CT molecular complexity index is 971. The molecule has 0 unspecified atom stereocenters. The average Bonchev–Trinajstić information content (AvgIpc) is 2.91. The normalized spacial score (nSPS) is 16.1. The van der Waals surface area contributed by atoms with E-state index in [1.54, 1.807) is 13.8 Å². The van der Waals surface area contributed by atoms with Crippen molar-refractivity contribution in [1.82, 2.24) is 15.5 Å². The summed E-state index contributed by atoms with van der Waals surface area (Å²) in [4.78, 5) is 29.7. The molecule has 0 radical (unpaired) electrons. The summed E-state index contributed by atoms with van der Waals surface area (Å²) in [7, 11) is 0. The van der Waals surface area contributed by atoms with E-state index in [1.165, 1.54) is 12.3 Å². The van der Waals surface area contributed by atoms with Gasteiger partial charge in [0.1, 0.15) is 5.76 Å². The smallest absolute Gasteiger partial charge is 0.408 e. The first-order valence-electron chi connectivity index (χ1n) is 11.4. The third kappa shape index (κ3) is 6.52. The highest BCUT2D eigenvalue weighted by molar-refractivity contribution is 5.95. The summed E-state index contributed by atoms with van der Waals surface area (Å²) in [6.45, 7) is 8.98. The number of aromatic nitrogens is 2. The Morgan fingerprint density at radius 3 is 2.39 bits per heavy atom. The lowest BCUT2D eigenvalue weighted by Gasteiger charge is -2.27. The molecule has 2 N–H and O–H groups in total. The van der Waals surface area contributed by atoms with Crippen molar-refractivity contribution in [2.75, 3.05) is 5.32 Å². The Morgan fingerprint density at radius 2 is 1.85 bits per heavy atom. The molecule has 1 fully saturated rings. The monoisotopic (exact) mass is 460 g/mol. The summed E-state index contributed by atoms with van der Waals surface area (Å²) < 4.78 is 25.6. The number of pyridine rings is 1. The number of nitrogens with zero attached hydrogens (tertiary/aromatic N) is 2. The van der Waals surface area contributed by atoms with Gasteiger partial charge in [-0.2, -0.15) is 0 Å². The second kappa shape index (κ2) is 10.3. The lowest BCUT2D eigenvalue weighted by atomic mass is 9.93. The van der Waals surface area contributed by atoms with E-state index in [4.69, 9.17) is 9.26 Å². The zero-order valence-electron chi connectivity index (χ0n) is 20.0. The highest BCUT2D eigenvalue weighted by atomic mass is 19.1. The predicted molar refractivity (Wildman–Crippen MR) is 122 cm³/mol. The molecule has 33 heavy (non-hydrogen) atoms. The number of ether oxygens (including phenoxy) is 1. The van der Waals surface area contributed by atoms with E-state index in [2.05, 4.69) is 20.8 Å². The summed E-state index contributed by atoms with van der Waals surface area (Å²) in [6.07, 6.45) is 5.36. The molecule has 0 aromatic carbocycles. The van der Waals surface area contributed by atoms with Gasteiger partial charge in [0.2, 0.25) is 0 Å². The Morgan fingerprint density at radius 1 is 1.18 bits per heavy atom. The van der Waals surface area contributed by atoms with Gasteiger partial charge in [0.15, 0.2) is 17.7 Å². The van der Waals surface area contributed by atoms with E-state index >= 15 is 0 Å². The van der Waals surface area contributed by atoms with Crippen LogP contribution in [0.15, 0.2) is 16.8 Å². The van der Waals surface area contributed by atoms with Gasteiger partial charge in [-0.15, -0.1) is 0 Å². The van der Waals surface area contributed by atoms with Crippen molar-refractivity contribution in [3.05, 3.63) is 29.5 Å². The second-order valence-electron chi connectivity index (χ2n) is 9.70. The molecule has 9 heteroatoms. The van der Waals surface area contributed by atoms with E-state index in [1.807, 2.05) is 20.8 Å². The SMILES string of the molecule is Cc1noc(C)c1-c1cnc(NC(=O)[C@@H](OC(=O)NC(C)(C)C)C2CCCCCC2)c(F)c1. The zero-order chi connectivity index (χ0) is 24.2. The van der Waals surface area contributed by atoms with Crippen LogP contribution in [0, 0.1) is 25.6 Å². The third-order valence-corrected chi connectivity index (χ3v) is 5.70. The number of carbonyl (C=O) groups is 2. The van der Waals surface area contributed by atoms with Crippen molar-refractivity contribution in [2.24, 2.45) is 5.92 Å². The lowest BCUT2D eigenvalue weighted by Crippen LogP contribution is -2.46. The van der Waals surface area contributed by atoms with Crippen LogP contribution in [-0.2, 0) is 9.53 Å². The molecular formula is C24H33FN4O4. The first-order chi connectivity index (χ1) is 15.5. The molecule has 0 bridgehead atoms. The van der Waals surface area contributed by atoms with Crippen LogP contribution in [-0.4, -0.2) is 33.8 Å². The van der Waals surface area contributed by atoms with Crippen LogP contribution in [0.5, 0.6) is 0 Å². The lowest BCUT2D eigenvalue weighted by molar-refractivity contribution is -0.127. The van der Waals surface area contributed by atoms with Crippen LogP contribution in [0.3, 0.4) is 0 Å². The summed E-state index contributed by atoms with van der Waals surface area (Å²) in [5, 5.41) is 9.13. The molecule has 2 aromatic rings. The summed E-state index contributed by atoms with van der Waals surface area (Å²) in [5.74, 6) is -1.07. The molecule has 8 nitrogen and oxygen atoms in total. The van der Waals surface area contributed by atoms with Gasteiger partial charge in [-0.1, -0.05) is 30.8 Å². The standard InChI is InChI=1S/C24H33FN4O4/c1-14-19(15(2)33-29-14)17-12-18(25)21(26-13-17)27-22(30)20(16-10-8-6-7-9-11-16)32-23(31)28-24(3,4)5/h12-13,16,20H,6-11H2,1-5H3,(H,28,31)(H,26,27,30)/t20-/m0/s1. The molecule has 1 aliphatic rings. The van der Waals surface area contributed by atoms with Crippen LogP contribution in [0.25, 0.3) is 11.1 Å². The second-order valence-corrected chi connectivity index (χ2v) is 9.70. The van der Waals surface area contributed by atoms with Gasteiger partial charge in [-0.05, 0) is 53.5 Å². The molecule has 2 aromatic heterocycles. The van der Waals surface area contributed by atoms with E-state index < -0.39 is 29.5 Å². The van der Waals surface area contributed by atoms with E-state index in [9.17, 15) is 14.0 Å². The number of aryl methyl sites for hydroxylation is 2. The molecule has 0 aliphatic heterocycles. The molecule has 3 rings (SSSR count). The van der Waals surface area contributed by atoms with Crippen molar-refractivity contribution in [3.8, 4) is 11.1 Å². The number of hydrogen-bond acceptors (Lipinski definition) is 6. The van der Waals surface area contributed by atoms with Gasteiger partial charge >= 0.3 is 6.09 Å². The minimum absolute atomic E-state index is 0.136. The fourth-order valence-corrected chi connectivity index (χ4v) is 4.18. The van der Waals surface area contributed by atoms with E-state index in [-0.39, 0.29) is 11.7 Å². The van der Waals surface area contributed by atoms with E-state index in [0.29, 0.717) is 22.6 Å². The number of nitrogens with one attached hydrogen (secondary N) is 2. The Hall–Kier alpha value is -2.97. The molecule has 2 amide bonds. The number of halogens is 1. The summed E-state index contributed by atoms with van der Waals surface area (Å²) in [5.41, 5.74) is 1.28.